The van der Waals surface area contributed by atoms with Crippen molar-refractivity contribution in [3.8, 4) is 5.75 Å². The SMILES string of the molecule is COc1ccc(Br)cc1C[B-](F)(F)F. The molecule has 0 unspecified atom stereocenters. The van der Waals surface area contributed by atoms with Gasteiger partial charge in [-0.1, -0.05) is 22.3 Å². The Morgan fingerprint density at radius 2 is 2.00 bits per heavy atom. The Hall–Kier alpha value is -0.645. The van der Waals surface area contributed by atoms with Crippen LogP contribution in [0.3, 0.4) is 0 Å². The molecule has 6 heteroatoms. The van der Waals surface area contributed by atoms with Crippen molar-refractivity contribution in [3.05, 3.63) is 28.2 Å². The van der Waals surface area contributed by atoms with Gasteiger partial charge in [0.1, 0.15) is 5.75 Å². The van der Waals surface area contributed by atoms with Crippen LogP contribution >= 0.6 is 15.9 Å². The highest BCUT2D eigenvalue weighted by Crippen LogP contribution is 2.27. The van der Waals surface area contributed by atoms with E-state index in [1.807, 2.05) is 0 Å². The van der Waals surface area contributed by atoms with Gasteiger partial charge in [0.2, 0.25) is 0 Å². The number of hydrogen-bond donors (Lipinski definition) is 0. The fraction of sp³-hybridized carbons (Fsp3) is 0.250. The molecule has 0 spiro atoms. The molecule has 0 saturated heterocycles. The summed E-state index contributed by atoms with van der Waals surface area (Å²) < 4.78 is 42.0. The summed E-state index contributed by atoms with van der Waals surface area (Å²) in [5, 5.41) is 0. The first-order chi connectivity index (χ1) is 6.42. The fourth-order valence-corrected chi connectivity index (χ4v) is 1.56. The molecule has 0 N–H and O–H groups in total. The van der Waals surface area contributed by atoms with Gasteiger partial charge < -0.3 is 17.7 Å². The summed E-state index contributed by atoms with van der Waals surface area (Å²) in [6.45, 7) is -4.82. The monoisotopic (exact) mass is 267 g/mol. The molecule has 1 aromatic carbocycles. The van der Waals surface area contributed by atoms with E-state index >= 15 is 0 Å². The van der Waals surface area contributed by atoms with Crippen molar-refractivity contribution in [1.29, 1.82) is 0 Å². The topological polar surface area (TPSA) is 9.23 Å². The molecular formula is C8H8BBrF3O-. The van der Waals surface area contributed by atoms with Crippen LogP contribution in [0.15, 0.2) is 22.7 Å². The first-order valence-electron chi connectivity index (χ1n) is 3.96. The molecule has 0 amide bonds. The molecule has 1 nitrogen and oxygen atoms in total. The first-order valence-corrected chi connectivity index (χ1v) is 4.75. The zero-order valence-electron chi connectivity index (χ0n) is 7.44. The normalized spacial score (nSPS) is 11.5. The molecule has 0 aliphatic carbocycles. The van der Waals surface area contributed by atoms with Gasteiger partial charge in [-0.05, 0) is 23.8 Å². The predicted octanol–water partition coefficient (Wildman–Crippen LogP) is 3.39. The summed E-state index contributed by atoms with van der Waals surface area (Å²) in [5.41, 5.74) is 0.161. The molecule has 78 valence electrons. The van der Waals surface area contributed by atoms with Gasteiger partial charge in [0.15, 0.2) is 0 Å². The molecule has 0 atom stereocenters. The second-order valence-electron chi connectivity index (χ2n) is 2.87. The highest BCUT2D eigenvalue weighted by molar-refractivity contribution is 9.10. The molecule has 1 rings (SSSR count). The van der Waals surface area contributed by atoms with Gasteiger partial charge in [-0.15, -0.1) is 0 Å². The third kappa shape index (κ3) is 3.25. The van der Waals surface area contributed by atoms with E-state index in [1.54, 1.807) is 6.07 Å². The van der Waals surface area contributed by atoms with Crippen LogP contribution in [0.2, 0.25) is 0 Å². The van der Waals surface area contributed by atoms with Crippen LogP contribution in [-0.4, -0.2) is 14.1 Å². The third-order valence-electron chi connectivity index (χ3n) is 1.69. The van der Waals surface area contributed by atoms with Crippen molar-refractivity contribution in [3.63, 3.8) is 0 Å². The van der Waals surface area contributed by atoms with Gasteiger partial charge in [0.25, 0.3) is 0 Å². The van der Waals surface area contributed by atoms with Crippen molar-refractivity contribution >= 4 is 22.9 Å². The molecule has 0 fully saturated rings. The second kappa shape index (κ2) is 4.25. The zero-order valence-corrected chi connectivity index (χ0v) is 9.02. The van der Waals surface area contributed by atoms with Gasteiger partial charge in [-0.3, -0.25) is 0 Å². The largest absolute Gasteiger partial charge is 0.497 e. The van der Waals surface area contributed by atoms with Crippen molar-refractivity contribution in [2.75, 3.05) is 7.11 Å². The number of rotatable bonds is 3. The summed E-state index contributed by atoms with van der Waals surface area (Å²) in [7, 11) is 1.36. The number of hydrogen-bond acceptors (Lipinski definition) is 1. The lowest BCUT2D eigenvalue weighted by atomic mass is 9.81. The Labute approximate surface area is 88.4 Å². The Bertz CT molecular complexity index is 327. The van der Waals surface area contributed by atoms with Crippen molar-refractivity contribution in [2.45, 2.75) is 6.32 Å². The Balaban J connectivity index is 2.99. The predicted molar refractivity (Wildman–Crippen MR) is 53.5 cm³/mol. The van der Waals surface area contributed by atoms with E-state index in [4.69, 9.17) is 4.74 Å². The number of benzene rings is 1. The summed E-state index contributed by atoms with van der Waals surface area (Å²) in [5.74, 6) is 0.271. The molecule has 0 radical (unpaired) electrons. The van der Waals surface area contributed by atoms with E-state index in [0.717, 1.165) is 0 Å². The van der Waals surface area contributed by atoms with E-state index in [0.29, 0.717) is 4.47 Å². The number of methoxy groups -OCH3 is 1. The number of halogens is 4. The molecule has 0 aliphatic heterocycles. The van der Waals surface area contributed by atoms with Crippen molar-refractivity contribution in [1.82, 2.24) is 0 Å². The lowest BCUT2D eigenvalue weighted by molar-refractivity contribution is 0.406. The minimum absolute atomic E-state index is 0.161. The van der Waals surface area contributed by atoms with Gasteiger partial charge >= 0.3 is 6.98 Å². The van der Waals surface area contributed by atoms with E-state index in [9.17, 15) is 12.9 Å². The minimum atomic E-state index is -4.82. The second-order valence-corrected chi connectivity index (χ2v) is 3.79. The molecule has 0 aliphatic rings. The maximum absolute atomic E-state index is 12.2. The van der Waals surface area contributed by atoms with Crippen LogP contribution in [-0.2, 0) is 6.32 Å². The fourth-order valence-electron chi connectivity index (χ4n) is 1.16. The average molecular weight is 268 g/mol. The highest BCUT2D eigenvalue weighted by Gasteiger charge is 2.24. The Morgan fingerprint density at radius 3 is 2.50 bits per heavy atom. The smallest absolute Gasteiger partial charge is 0.482 e. The maximum Gasteiger partial charge on any atom is 0.482 e. The van der Waals surface area contributed by atoms with E-state index in [1.165, 1.54) is 19.2 Å². The van der Waals surface area contributed by atoms with Gasteiger partial charge in [0.05, 0.1) is 7.11 Å². The molecule has 0 bridgehead atoms. The summed E-state index contributed by atoms with van der Waals surface area (Å²) in [6.07, 6.45) is -0.914. The lowest BCUT2D eigenvalue weighted by Gasteiger charge is -2.16. The lowest BCUT2D eigenvalue weighted by Crippen LogP contribution is -2.19. The number of ether oxygens (including phenoxy) is 1. The van der Waals surface area contributed by atoms with Crippen molar-refractivity contribution in [2.24, 2.45) is 0 Å². The molecule has 0 saturated carbocycles. The molecular weight excluding hydrogens is 260 g/mol. The molecule has 1 aromatic rings. The quantitative estimate of drug-likeness (QED) is 0.763. The van der Waals surface area contributed by atoms with Gasteiger partial charge in [-0.2, -0.15) is 0 Å². The maximum atomic E-state index is 12.2. The average Bonchev–Trinajstić information content (AvgIpc) is 2.01. The summed E-state index contributed by atoms with van der Waals surface area (Å²) >= 11 is 3.12. The summed E-state index contributed by atoms with van der Waals surface area (Å²) in [4.78, 5) is 0. The van der Waals surface area contributed by atoms with E-state index in [2.05, 4.69) is 15.9 Å². The van der Waals surface area contributed by atoms with E-state index in [-0.39, 0.29) is 11.3 Å². The standard InChI is InChI=1S/C8H8BBrF3O/c1-14-8-3-2-7(10)4-6(8)5-9(11,12)13/h2-4H,5H2,1H3/q-1. The van der Waals surface area contributed by atoms with Crippen LogP contribution in [0.25, 0.3) is 0 Å². The first kappa shape index (κ1) is 11.4. The van der Waals surface area contributed by atoms with Crippen LogP contribution in [0.5, 0.6) is 5.75 Å². The highest BCUT2D eigenvalue weighted by atomic mass is 79.9. The molecule has 0 heterocycles. The van der Waals surface area contributed by atoms with Crippen LogP contribution in [0, 0.1) is 0 Å². The van der Waals surface area contributed by atoms with Crippen molar-refractivity contribution < 1.29 is 17.7 Å². The molecule has 14 heavy (non-hydrogen) atoms. The summed E-state index contributed by atoms with van der Waals surface area (Å²) in [6, 6.07) is 4.58. The van der Waals surface area contributed by atoms with Crippen LogP contribution in [0.1, 0.15) is 5.56 Å². The third-order valence-corrected chi connectivity index (χ3v) is 2.19. The molecule has 0 aromatic heterocycles. The van der Waals surface area contributed by atoms with Gasteiger partial charge in [-0.25, -0.2) is 0 Å². The Morgan fingerprint density at radius 1 is 1.36 bits per heavy atom. The van der Waals surface area contributed by atoms with Crippen LogP contribution < -0.4 is 4.74 Å². The zero-order chi connectivity index (χ0) is 10.8. The van der Waals surface area contributed by atoms with Gasteiger partial charge in [0, 0.05) is 4.47 Å². The van der Waals surface area contributed by atoms with Crippen LogP contribution in [0.4, 0.5) is 12.9 Å². The Kier molecular flexibility index (Phi) is 3.47. The van der Waals surface area contributed by atoms with E-state index < -0.39 is 13.3 Å². The minimum Gasteiger partial charge on any atom is -0.497 e.